The molecule has 1 amide bonds. The van der Waals surface area contributed by atoms with Gasteiger partial charge in [0.1, 0.15) is 5.58 Å². The number of amides is 1. The molecule has 1 aliphatic rings. The number of ether oxygens (including phenoxy) is 2. The van der Waals surface area contributed by atoms with Crippen LogP contribution >= 0.6 is 11.3 Å². The number of benzene rings is 2. The number of nitrogens with zero attached hydrogens (tertiary/aromatic N) is 2. The smallest absolute Gasteiger partial charge is 0.297 e. The minimum absolute atomic E-state index is 0.0383. The largest absolute Gasteiger partial charge is 0.493 e. The van der Waals surface area contributed by atoms with E-state index in [-0.39, 0.29) is 11.2 Å². The second kappa shape index (κ2) is 7.24. The van der Waals surface area contributed by atoms with Crippen LogP contribution in [0.15, 0.2) is 57.2 Å². The van der Waals surface area contributed by atoms with E-state index >= 15 is 0 Å². The Morgan fingerprint density at radius 2 is 1.87 bits per heavy atom. The van der Waals surface area contributed by atoms with E-state index in [1.165, 1.54) is 16.2 Å². The Morgan fingerprint density at radius 1 is 1.06 bits per heavy atom. The molecule has 0 saturated heterocycles. The maximum atomic E-state index is 13.6. The molecule has 4 aromatic rings. The van der Waals surface area contributed by atoms with Gasteiger partial charge in [-0.25, -0.2) is 4.98 Å². The minimum atomic E-state index is -0.699. The summed E-state index contributed by atoms with van der Waals surface area (Å²) in [5.41, 5.74) is 2.08. The van der Waals surface area contributed by atoms with Gasteiger partial charge in [0.2, 0.25) is 5.76 Å². The molecule has 156 valence electrons. The number of carbonyl (C=O) groups is 1. The van der Waals surface area contributed by atoms with E-state index in [1.54, 1.807) is 50.1 Å². The molecular formula is C23H18N2O5S. The number of rotatable bonds is 4. The fraction of sp³-hybridized carbons (Fsp3) is 0.174. The summed E-state index contributed by atoms with van der Waals surface area (Å²) in [6.07, 6.45) is 1.62. The first-order valence-corrected chi connectivity index (χ1v) is 10.4. The first kappa shape index (κ1) is 19.3. The van der Waals surface area contributed by atoms with Crippen molar-refractivity contribution in [3.05, 3.63) is 80.6 Å². The molecule has 8 heteroatoms. The summed E-state index contributed by atoms with van der Waals surface area (Å²) in [5.74, 6) is 0.694. The number of aryl methyl sites for hydroxylation is 1. The fourth-order valence-corrected chi connectivity index (χ4v) is 4.62. The summed E-state index contributed by atoms with van der Waals surface area (Å²) < 4.78 is 16.8. The molecule has 0 bridgehead atoms. The average molecular weight is 434 g/mol. The van der Waals surface area contributed by atoms with E-state index in [2.05, 4.69) is 4.98 Å². The van der Waals surface area contributed by atoms with Gasteiger partial charge in [-0.2, -0.15) is 0 Å². The van der Waals surface area contributed by atoms with Gasteiger partial charge in [-0.15, -0.1) is 11.3 Å². The molecule has 1 aliphatic heterocycles. The van der Waals surface area contributed by atoms with Crippen molar-refractivity contribution in [1.82, 2.24) is 4.98 Å². The van der Waals surface area contributed by atoms with Crippen LogP contribution in [0, 0.1) is 6.92 Å². The van der Waals surface area contributed by atoms with Crippen LogP contribution in [0.4, 0.5) is 5.13 Å². The van der Waals surface area contributed by atoms with Gasteiger partial charge in [0.15, 0.2) is 22.1 Å². The molecule has 0 fully saturated rings. The summed E-state index contributed by atoms with van der Waals surface area (Å²) >= 11 is 1.32. The Bertz CT molecular complexity index is 1380. The molecule has 2 aromatic carbocycles. The molecule has 2 aromatic heterocycles. The van der Waals surface area contributed by atoms with Gasteiger partial charge in [0, 0.05) is 11.6 Å². The number of hydrogen-bond acceptors (Lipinski definition) is 7. The maximum absolute atomic E-state index is 13.6. The first-order chi connectivity index (χ1) is 15.0. The second-order valence-corrected chi connectivity index (χ2v) is 8.05. The highest BCUT2D eigenvalue weighted by atomic mass is 32.1. The Labute approximate surface area is 181 Å². The highest BCUT2D eigenvalue weighted by Gasteiger charge is 2.45. The van der Waals surface area contributed by atoms with E-state index in [0.717, 1.165) is 5.56 Å². The third kappa shape index (κ3) is 2.90. The zero-order valence-corrected chi connectivity index (χ0v) is 17.9. The van der Waals surface area contributed by atoms with E-state index in [0.29, 0.717) is 38.7 Å². The first-order valence-electron chi connectivity index (χ1n) is 9.56. The van der Waals surface area contributed by atoms with Crippen LogP contribution in [0.3, 0.4) is 0 Å². The van der Waals surface area contributed by atoms with Gasteiger partial charge in [-0.1, -0.05) is 17.7 Å². The van der Waals surface area contributed by atoms with Crippen LogP contribution in [0.2, 0.25) is 0 Å². The third-order valence-electron chi connectivity index (χ3n) is 5.37. The zero-order valence-electron chi connectivity index (χ0n) is 17.0. The SMILES string of the molecule is COc1ccc([C@H]2c3c(oc4ccc(C)cc4c3=O)C(=O)N2c2nccs2)cc1OC. The predicted octanol–water partition coefficient (Wildman–Crippen LogP) is 4.32. The highest BCUT2D eigenvalue weighted by molar-refractivity contribution is 7.13. The zero-order chi connectivity index (χ0) is 21.7. The number of thiazole rings is 1. The summed E-state index contributed by atoms with van der Waals surface area (Å²) in [4.78, 5) is 32.8. The second-order valence-electron chi connectivity index (χ2n) is 7.18. The third-order valence-corrected chi connectivity index (χ3v) is 6.15. The van der Waals surface area contributed by atoms with E-state index in [1.807, 2.05) is 19.1 Å². The van der Waals surface area contributed by atoms with Gasteiger partial charge in [0.25, 0.3) is 5.91 Å². The molecule has 0 radical (unpaired) electrons. The van der Waals surface area contributed by atoms with Crippen molar-refractivity contribution in [2.75, 3.05) is 19.1 Å². The Hall–Kier alpha value is -3.65. The number of methoxy groups -OCH3 is 2. The molecule has 5 rings (SSSR count). The predicted molar refractivity (Wildman–Crippen MR) is 118 cm³/mol. The molecule has 0 saturated carbocycles. The average Bonchev–Trinajstić information content (AvgIpc) is 3.40. The number of anilines is 1. The molecule has 31 heavy (non-hydrogen) atoms. The molecule has 0 unspecified atom stereocenters. The summed E-state index contributed by atoms with van der Waals surface area (Å²) in [5, 5.41) is 2.71. The molecule has 1 atom stereocenters. The topological polar surface area (TPSA) is 81.9 Å². The van der Waals surface area contributed by atoms with Crippen molar-refractivity contribution in [2.45, 2.75) is 13.0 Å². The van der Waals surface area contributed by atoms with Gasteiger partial charge in [-0.05, 0) is 36.8 Å². The number of carbonyl (C=O) groups excluding carboxylic acids is 1. The number of aromatic nitrogens is 1. The normalized spacial score (nSPS) is 15.4. The van der Waals surface area contributed by atoms with Crippen molar-refractivity contribution < 1.29 is 18.7 Å². The van der Waals surface area contributed by atoms with Crippen LogP contribution in [0.1, 0.15) is 33.3 Å². The van der Waals surface area contributed by atoms with Crippen molar-refractivity contribution >= 4 is 33.3 Å². The van der Waals surface area contributed by atoms with Crippen molar-refractivity contribution in [3.63, 3.8) is 0 Å². The Balaban J connectivity index is 1.81. The summed E-state index contributed by atoms with van der Waals surface area (Å²) in [6.45, 7) is 1.91. The molecule has 0 spiro atoms. The molecule has 0 aliphatic carbocycles. The highest BCUT2D eigenvalue weighted by Crippen LogP contribution is 2.43. The standard InChI is InChI=1S/C23H18N2O5S/c1-12-4-6-15-14(10-12)20(26)18-19(13-5-7-16(28-2)17(11-13)29-3)25(22(27)21(18)30-15)23-24-8-9-31-23/h4-11,19H,1-3H3/t19-/m0/s1. The minimum Gasteiger partial charge on any atom is -0.493 e. The molecular weight excluding hydrogens is 416 g/mol. The van der Waals surface area contributed by atoms with Gasteiger partial charge in [0.05, 0.1) is 31.2 Å². The summed E-state index contributed by atoms with van der Waals surface area (Å²) in [6, 6.07) is 9.99. The van der Waals surface area contributed by atoms with E-state index in [9.17, 15) is 9.59 Å². The van der Waals surface area contributed by atoms with Gasteiger partial charge < -0.3 is 13.9 Å². The van der Waals surface area contributed by atoms with Crippen molar-refractivity contribution in [1.29, 1.82) is 0 Å². The van der Waals surface area contributed by atoms with Gasteiger partial charge in [-0.3, -0.25) is 14.5 Å². The lowest BCUT2D eigenvalue weighted by molar-refractivity contribution is 0.0971. The van der Waals surface area contributed by atoms with Crippen molar-refractivity contribution in [3.8, 4) is 11.5 Å². The van der Waals surface area contributed by atoms with Crippen molar-refractivity contribution in [2.24, 2.45) is 0 Å². The lowest BCUT2D eigenvalue weighted by atomic mass is 9.98. The van der Waals surface area contributed by atoms with Crippen LogP contribution in [-0.2, 0) is 0 Å². The molecule has 7 nitrogen and oxygen atoms in total. The quantitative estimate of drug-likeness (QED) is 0.476. The maximum Gasteiger partial charge on any atom is 0.297 e. The number of fused-ring (bicyclic) bond motifs is 2. The Kier molecular flexibility index (Phi) is 4.51. The lowest BCUT2D eigenvalue weighted by Gasteiger charge is -2.23. The number of hydrogen-bond donors (Lipinski definition) is 0. The van der Waals surface area contributed by atoms with E-state index < -0.39 is 11.9 Å². The van der Waals surface area contributed by atoms with Crippen LogP contribution in [-0.4, -0.2) is 25.1 Å². The van der Waals surface area contributed by atoms with Crippen LogP contribution in [0.5, 0.6) is 11.5 Å². The molecule has 0 N–H and O–H groups in total. The molecule has 3 heterocycles. The lowest BCUT2D eigenvalue weighted by Crippen LogP contribution is -2.29. The van der Waals surface area contributed by atoms with Crippen LogP contribution < -0.4 is 19.8 Å². The fourth-order valence-electron chi connectivity index (χ4n) is 3.96. The van der Waals surface area contributed by atoms with E-state index in [4.69, 9.17) is 13.9 Å². The summed E-state index contributed by atoms with van der Waals surface area (Å²) in [7, 11) is 3.09. The Morgan fingerprint density at radius 3 is 2.58 bits per heavy atom. The monoisotopic (exact) mass is 434 g/mol. The van der Waals surface area contributed by atoms with Crippen LogP contribution in [0.25, 0.3) is 11.0 Å². The van der Waals surface area contributed by atoms with Gasteiger partial charge >= 0.3 is 0 Å².